The summed E-state index contributed by atoms with van der Waals surface area (Å²) in [6.07, 6.45) is 0. The van der Waals surface area contributed by atoms with Gasteiger partial charge in [0.1, 0.15) is 11.1 Å². The van der Waals surface area contributed by atoms with E-state index in [1.807, 2.05) is 0 Å². The third kappa shape index (κ3) is 2.83. The standard InChI is InChI=1S/C24H30N3O/c1-15-13-20-17(25-22(28-20)23(2,3)4)14-16(15)21-26(8)18-11-9-10-12-19(18)27(21)24(5,6)7/h9-14H,1-8H3/q+1. The molecule has 4 heteroatoms. The average Bonchev–Trinajstić information content (AvgIpc) is 3.12. The highest BCUT2D eigenvalue weighted by atomic mass is 16.3. The van der Waals surface area contributed by atoms with Crippen molar-refractivity contribution in [3.63, 3.8) is 0 Å². The molecule has 4 nitrogen and oxygen atoms in total. The molecular formula is C24H30N3O+. The van der Waals surface area contributed by atoms with Crippen LogP contribution in [-0.2, 0) is 18.0 Å². The summed E-state index contributed by atoms with van der Waals surface area (Å²) in [6, 6.07) is 12.9. The van der Waals surface area contributed by atoms with Crippen LogP contribution < -0.4 is 4.57 Å². The Bertz CT molecular complexity index is 1200. The number of hydrogen-bond donors (Lipinski definition) is 0. The summed E-state index contributed by atoms with van der Waals surface area (Å²) in [7, 11) is 2.15. The molecule has 28 heavy (non-hydrogen) atoms. The lowest BCUT2D eigenvalue weighted by molar-refractivity contribution is -0.634. The number of aromatic nitrogens is 3. The van der Waals surface area contributed by atoms with Gasteiger partial charge in [-0.2, -0.15) is 0 Å². The lowest BCUT2D eigenvalue weighted by Gasteiger charge is -2.18. The first kappa shape index (κ1) is 18.7. The average molecular weight is 377 g/mol. The molecule has 2 aromatic heterocycles. The zero-order chi connectivity index (χ0) is 20.4. The molecule has 0 spiro atoms. The smallest absolute Gasteiger partial charge is 0.290 e. The van der Waals surface area contributed by atoms with E-state index in [9.17, 15) is 0 Å². The minimum absolute atomic E-state index is 0.0576. The first-order chi connectivity index (χ1) is 13.0. The monoisotopic (exact) mass is 376 g/mol. The third-order valence-corrected chi connectivity index (χ3v) is 5.30. The molecule has 0 fully saturated rings. The molecule has 4 aromatic rings. The Morgan fingerprint density at radius 3 is 2.32 bits per heavy atom. The summed E-state index contributed by atoms with van der Waals surface area (Å²) in [5.41, 5.74) is 6.44. The number of para-hydroxylation sites is 2. The fourth-order valence-electron chi connectivity index (χ4n) is 3.93. The molecule has 4 rings (SSSR count). The molecule has 0 aliphatic carbocycles. The van der Waals surface area contributed by atoms with Crippen LogP contribution in [0.25, 0.3) is 33.5 Å². The lowest BCUT2D eigenvalue weighted by atomic mass is 9.97. The van der Waals surface area contributed by atoms with Gasteiger partial charge in [-0.15, -0.1) is 0 Å². The Hall–Kier alpha value is -2.62. The van der Waals surface area contributed by atoms with Crippen LogP contribution in [0.2, 0.25) is 0 Å². The number of aryl methyl sites for hydroxylation is 2. The highest BCUT2D eigenvalue weighted by Gasteiger charge is 2.33. The second kappa shape index (κ2) is 5.94. The summed E-state index contributed by atoms with van der Waals surface area (Å²) in [4.78, 5) is 4.80. The van der Waals surface area contributed by atoms with Crippen molar-refractivity contribution < 1.29 is 8.98 Å². The van der Waals surface area contributed by atoms with Crippen molar-refractivity contribution in [3.05, 3.63) is 47.9 Å². The highest BCUT2D eigenvalue weighted by Crippen LogP contribution is 2.34. The summed E-state index contributed by atoms with van der Waals surface area (Å²) < 4.78 is 10.8. The van der Waals surface area contributed by atoms with E-state index in [-0.39, 0.29) is 11.0 Å². The number of imidazole rings is 1. The normalized spacial score (nSPS) is 13.0. The summed E-state index contributed by atoms with van der Waals surface area (Å²) in [5.74, 6) is 1.97. The van der Waals surface area contributed by atoms with Gasteiger partial charge in [0.05, 0.1) is 12.6 Å². The van der Waals surface area contributed by atoms with E-state index < -0.39 is 0 Å². The molecule has 0 N–H and O–H groups in total. The number of oxazole rings is 1. The molecule has 0 bridgehead atoms. The Labute approximate surface area is 166 Å². The quantitative estimate of drug-likeness (QED) is 0.403. The van der Waals surface area contributed by atoms with Crippen molar-refractivity contribution >= 4 is 22.1 Å². The van der Waals surface area contributed by atoms with Gasteiger partial charge in [0.15, 0.2) is 16.6 Å². The topological polar surface area (TPSA) is 34.8 Å². The first-order valence-corrected chi connectivity index (χ1v) is 9.90. The van der Waals surface area contributed by atoms with E-state index in [4.69, 9.17) is 9.40 Å². The minimum atomic E-state index is -0.113. The number of rotatable bonds is 1. The second-order valence-corrected chi connectivity index (χ2v) is 9.78. The Morgan fingerprint density at radius 1 is 1.00 bits per heavy atom. The van der Waals surface area contributed by atoms with Gasteiger partial charge >= 0.3 is 0 Å². The van der Waals surface area contributed by atoms with Crippen molar-refractivity contribution in [3.8, 4) is 11.4 Å². The zero-order valence-electron chi connectivity index (χ0n) is 18.2. The number of benzene rings is 2. The molecule has 0 aliphatic heterocycles. The predicted molar refractivity (Wildman–Crippen MR) is 115 cm³/mol. The molecule has 0 amide bonds. The molecule has 2 heterocycles. The molecule has 0 saturated heterocycles. The zero-order valence-corrected chi connectivity index (χ0v) is 18.2. The van der Waals surface area contributed by atoms with E-state index in [1.54, 1.807) is 0 Å². The first-order valence-electron chi connectivity index (χ1n) is 9.90. The molecule has 0 saturated carbocycles. The Morgan fingerprint density at radius 2 is 1.68 bits per heavy atom. The fraction of sp³-hybridized carbons (Fsp3) is 0.417. The SMILES string of the molecule is Cc1cc2oc(C(C)(C)C)nc2cc1-c1n(C(C)(C)C)c2ccccc2[n+]1C. The van der Waals surface area contributed by atoms with Crippen LogP contribution in [0.15, 0.2) is 40.8 Å². The highest BCUT2D eigenvalue weighted by molar-refractivity contribution is 5.83. The Balaban J connectivity index is 2.06. The van der Waals surface area contributed by atoms with Gasteiger partial charge in [-0.25, -0.2) is 14.1 Å². The molecule has 0 aliphatic rings. The van der Waals surface area contributed by atoms with E-state index in [2.05, 4.69) is 101 Å². The van der Waals surface area contributed by atoms with E-state index in [1.165, 1.54) is 28.0 Å². The van der Waals surface area contributed by atoms with Gasteiger partial charge < -0.3 is 4.42 Å². The van der Waals surface area contributed by atoms with Crippen LogP contribution >= 0.6 is 0 Å². The van der Waals surface area contributed by atoms with Gasteiger partial charge in [-0.3, -0.25) is 0 Å². The van der Waals surface area contributed by atoms with Crippen molar-refractivity contribution in [1.82, 2.24) is 9.55 Å². The molecule has 0 atom stereocenters. The predicted octanol–water partition coefficient (Wildman–Crippen LogP) is 5.63. The van der Waals surface area contributed by atoms with E-state index >= 15 is 0 Å². The van der Waals surface area contributed by atoms with Crippen LogP contribution in [0.1, 0.15) is 53.0 Å². The van der Waals surface area contributed by atoms with Crippen LogP contribution in [0, 0.1) is 6.92 Å². The number of hydrogen-bond acceptors (Lipinski definition) is 2. The van der Waals surface area contributed by atoms with Gasteiger partial charge in [0, 0.05) is 5.41 Å². The molecule has 146 valence electrons. The molecule has 0 unspecified atom stereocenters. The largest absolute Gasteiger partial charge is 0.440 e. The maximum Gasteiger partial charge on any atom is 0.290 e. The molecular weight excluding hydrogens is 346 g/mol. The van der Waals surface area contributed by atoms with Crippen molar-refractivity contribution in [2.45, 2.75) is 59.4 Å². The minimum Gasteiger partial charge on any atom is -0.440 e. The van der Waals surface area contributed by atoms with Crippen molar-refractivity contribution in [2.75, 3.05) is 0 Å². The summed E-state index contributed by atoms with van der Waals surface area (Å²) in [5, 5.41) is 0. The van der Waals surface area contributed by atoms with Gasteiger partial charge in [-0.05, 0) is 57.5 Å². The van der Waals surface area contributed by atoms with Crippen LogP contribution in [0.3, 0.4) is 0 Å². The molecule has 2 aromatic carbocycles. The maximum absolute atomic E-state index is 6.07. The van der Waals surface area contributed by atoms with Crippen LogP contribution in [0.5, 0.6) is 0 Å². The van der Waals surface area contributed by atoms with Gasteiger partial charge in [0.25, 0.3) is 5.82 Å². The van der Waals surface area contributed by atoms with Crippen molar-refractivity contribution in [1.29, 1.82) is 0 Å². The molecule has 0 radical (unpaired) electrons. The number of nitrogens with zero attached hydrogens (tertiary/aromatic N) is 3. The van der Waals surface area contributed by atoms with Crippen LogP contribution in [-0.4, -0.2) is 9.55 Å². The lowest BCUT2D eigenvalue weighted by Crippen LogP contribution is -2.33. The van der Waals surface area contributed by atoms with Gasteiger partial charge in [0.2, 0.25) is 5.89 Å². The third-order valence-electron chi connectivity index (χ3n) is 5.30. The summed E-state index contributed by atoms with van der Waals surface area (Å²) in [6.45, 7) is 15.3. The summed E-state index contributed by atoms with van der Waals surface area (Å²) >= 11 is 0. The van der Waals surface area contributed by atoms with Crippen LogP contribution in [0.4, 0.5) is 0 Å². The van der Waals surface area contributed by atoms with Crippen molar-refractivity contribution in [2.24, 2.45) is 7.05 Å². The van der Waals surface area contributed by atoms with E-state index in [0.29, 0.717) is 0 Å². The maximum atomic E-state index is 6.07. The number of fused-ring (bicyclic) bond motifs is 2. The van der Waals surface area contributed by atoms with E-state index in [0.717, 1.165) is 17.0 Å². The Kier molecular flexibility index (Phi) is 3.97. The second-order valence-electron chi connectivity index (χ2n) is 9.78. The van der Waals surface area contributed by atoms with Gasteiger partial charge in [-0.1, -0.05) is 32.9 Å². The fourth-order valence-corrected chi connectivity index (χ4v) is 3.93.